The zero-order valence-corrected chi connectivity index (χ0v) is 15.4. The van der Waals surface area contributed by atoms with Crippen molar-refractivity contribution in [3.05, 3.63) is 40.5 Å². The summed E-state index contributed by atoms with van der Waals surface area (Å²) in [6.45, 7) is 0. The van der Waals surface area contributed by atoms with E-state index in [2.05, 4.69) is 4.98 Å². The number of carboxylic acid groups (broad SMARTS) is 1. The van der Waals surface area contributed by atoms with Gasteiger partial charge in [0.2, 0.25) is 0 Å². The van der Waals surface area contributed by atoms with Crippen LogP contribution in [0, 0.1) is 0 Å². The van der Waals surface area contributed by atoms with Crippen molar-refractivity contribution in [2.75, 3.05) is 0 Å². The summed E-state index contributed by atoms with van der Waals surface area (Å²) in [5.41, 5.74) is 13.5. The Labute approximate surface area is 163 Å². The van der Waals surface area contributed by atoms with Crippen LogP contribution in [0.5, 0.6) is 0 Å². The number of aliphatic carboxylic acids is 1. The Morgan fingerprint density at radius 2 is 1.71 bits per heavy atom. The number of benzene rings is 1. The molecule has 2 aromatic rings. The van der Waals surface area contributed by atoms with Gasteiger partial charge in [0.15, 0.2) is 0 Å². The van der Waals surface area contributed by atoms with Gasteiger partial charge in [-0.2, -0.15) is 13.2 Å². The molecule has 1 fully saturated rings. The van der Waals surface area contributed by atoms with Gasteiger partial charge >= 0.3 is 12.1 Å². The van der Waals surface area contributed by atoms with Crippen LogP contribution in [0.25, 0.3) is 10.9 Å². The van der Waals surface area contributed by atoms with Gasteiger partial charge in [-0.25, -0.2) is 9.78 Å². The number of rotatable bonds is 2. The van der Waals surface area contributed by atoms with E-state index in [1.165, 1.54) is 0 Å². The summed E-state index contributed by atoms with van der Waals surface area (Å²) in [6, 6.07) is 7.72. The SMILES string of the molecule is NC(=O)c1nc2ccc(Cl)cc2cc1[C@H]1CC[C@H](N)CC1.O=C(O)C(F)(F)F. The lowest BCUT2D eigenvalue weighted by Gasteiger charge is -2.27. The number of carboxylic acids is 1. The summed E-state index contributed by atoms with van der Waals surface area (Å²) in [4.78, 5) is 25.1. The van der Waals surface area contributed by atoms with E-state index in [1.54, 1.807) is 6.07 Å². The van der Waals surface area contributed by atoms with E-state index < -0.39 is 18.1 Å². The van der Waals surface area contributed by atoms with Crippen molar-refractivity contribution < 1.29 is 27.9 Å². The molecule has 0 saturated heterocycles. The zero-order valence-electron chi connectivity index (χ0n) is 14.7. The number of alkyl halides is 3. The first-order valence-electron chi connectivity index (χ1n) is 8.44. The molecule has 6 nitrogen and oxygen atoms in total. The molecular weight excluding hydrogens is 399 g/mol. The Morgan fingerprint density at radius 1 is 1.14 bits per heavy atom. The number of pyridine rings is 1. The van der Waals surface area contributed by atoms with Crippen LogP contribution in [0.1, 0.15) is 47.7 Å². The van der Waals surface area contributed by atoms with Gasteiger partial charge in [-0.15, -0.1) is 0 Å². The highest BCUT2D eigenvalue weighted by atomic mass is 35.5. The van der Waals surface area contributed by atoms with Gasteiger partial charge in [-0.3, -0.25) is 4.79 Å². The summed E-state index contributed by atoms with van der Waals surface area (Å²) < 4.78 is 31.7. The fourth-order valence-corrected chi connectivity index (χ4v) is 3.28. The number of primary amides is 1. The molecule has 1 aromatic carbocycles. The molecule has 0 aliphatic heterocycles. The van der Waals surface area contributed by atoms with Gasteiger partial charge < -0.3 is 16.6 Å². The number of aromatic nitrogens is 1. The predicted octanol–water partition coefficient (Wildman–Crippen LogP) is 3.61. The van der Waals surface area contributed by atoms with Crippen molar-refractivity contribution in [3.63, 3.8) is 0 Å². The third kappa shape index (κ3) is 5.56. The number of nitrogens with zero attached hydrogens (tertiary/aromatic N) is 1. The molecule has 0 bridgehead atoms. The number of hydrogen-bond acceptors (Lipinski definition) is 4. The molecule has 28 heavy (non-hydrogen) atoms. The maximum atomic E-state index is 11.7. The number of nitrogens with two attached hydrogens (primary N) is 2. The molecular formula is C18H19ClF3N3O3. The molecule has 5 N–H and O–H groups in total. The van der Waals surface area contributed by atoms with Crippen molar-refractivity contribution in [1.29, 1.82) is 0 Å². The minimum Gasteiger partial charge on any atom is -0.475 e. The second-order valence-electron chi connectivity index (χ2n) is 6.54. The van der Waals surface area contributed by atoms with E-state index in [4.69, 9.17) is 33.0 Å². The van der Waals surface area contributed by atoms with Crippen molar-refractivity contribution in [2.45, 2.75) is 43.8 Å². The number of carbonyl (C=O) groups is 2. The quantitative estimate of drug-likeness (QED) is 0.689. The number of hydrogen-bond donors (Lipinski definition) is 3. The number of carbonyl (C=O) groups excluding carboxylic acids is 1. The molecule has 0 radical (unpaired) electrons. The first kappa shape index (κ1) is 21.9. The fraction of sp³-hybridized carbons (Fsp3) is 0.389. The van der Waals surface area contributed by atoms with Gasteiger partial charge in [0, 0.05) is 16.5 Å². The standard InChI is InChI=1S/C16H18ClN3O.C2HF3O2/c17-11-3-6-14-10(7-11)8-13(15(20-14)16(19)21)9-1-4-12(18)5-2-9;3-2(4,5)1(6)7/h3,6-9,12H,1-2,4-5,18H2,(H2,19,21);(H,6,7)/t9-,12-;. The molecule has 3 rings (SSSR count). The Balaban J connectivity index is 0.000000345. The lowest BCUT2D eigenvalue weighted by atomic mass is 9.81. The summed E-state index contributed by atoms with van der Waals surface area (Å²) in [5, 5.41) is 8.73. The van der Waals surface area contributed by atoms with Crippen LogP contribution in [-0.4, -0.2) is 34.2 Å². The van der Waals surface area contributed by atoms with E-state index in [0.717, 1.165) is 42.1 Å². The third-order valence-electron chi connectivity index (χ3n) is 4.49. The second-order valence-corrected chi connectivity index (χ2v) is 6.98. The Kier molecular flexibility index (Phi) is 6.84. The molecule has 0 atom stereocenters. The van der Waals surface area contributed by atoms with Crippen LogP contribution in [0.3, 0.4) is 0 Å². The number of amides is 1. The van der Waals surface area contributed by atoms with Gasteiger partial charge in [-0.1, -0.05) is 11.6 Å². The Hall–Kier alpha value is -2.39. The molecule has 1 aliphatic rings. The topological polar surface area (TPSA) is 119 Å². The third-order valence-corrected chi connectivity index (χ3v) is 4.73. The molecule has 10 heteroatoms. The minimum absolute atomic E-state index is 0.265. The molecule has 1 amide bonds. The van der Waals surface area contributed by atoms with E-state index in [1.807, 2.05) is 18.2 Å². The molecule has 1 aromatic heterocycles. The molecule has 152 valence electrons. The summed E-state index contributed by atoms with van der Waals surface area (Å²) in [7, 11) is 0. The highest BCUT2D eigenvalue weighted by Crippen LogP contribution is 2.35. The monoisotopic (exact) mass is 417 g/mol. The highest BCUT2D eigenvalue weighted by Gasteiger charge is 2.38. The predicted molar refractivity (Wildman–Crippen MR) is 98.1 cm³/mol. The van der Waals surface area contributed by atoms with Crippen LogP contribution in [0.4, 0.5) is 13.2 Å². The number of fused-ring (bicyclic) bond motifs is 1. The molecule has 0 spiro atoms. The van der Waals surface area contributed by atoms with Gasteiger partial charge in [0.25, 0.3) is 5.91 Å². The van der Waals surface area contributed by atoms with Crippen LogP contribution in [0.2, 0.25) is 5.02 Å². The Morgan fingerprint density at radius 3 is 2.21 bits per heavy atom. The van der Waals surface area contributed by atoms with Crippen molar-refractivity contribution in [1.82, 2.24) is 4.98 Å². The lowest BCUT2D eigenvalue weighted by molar-refractivity contribution is -0.192. The first-order chi connectivity index (χ1) is 13.0. The molecule has 1 aliphatic carbocycles. The normalized spacial score (nSPS) is 19.6. The van der Waals surface area contributed by atoms with E-state index >= 15 is 0 Å². The van der Waals surface area contributed by atoms with Crippen molar-refractivity contribution in [3.8, 4) is 0 Å². The van der Waals surface area contributed by atoms with Gasteiger partial charge in [-0.05, 0) is 61.4 Å². The Bertz CT molecular complexity index is 881. The largest absolute Gasteiger partial charge is 0.490 e. The van der Waals surface area contributed by atoms with E-state index in [0.29, 0.717) is 16.6 Å². The minimum atomic E-state index is -5.08. The summed E-state index contributed by atoms with van der Waals surface area (Å²) in [5.74, 6) is -2.94. The summed E-state index contributed by atoms with van der Waals surface area (Å²) >= 11 is 6.04. The zero-order chi connectivity index (χ0) is 21.1. The van der Waals surface area contributed by atoms with Crippen LogP contribution in [0.15, 0.2) is 24.3 Å². The maximum absolute atomic E-state index is 11.7. The van der Waals surface area contributed by atoms with Crippen LogP contribution in [-0.2, 0) is 4.79 Å². The summed E-state index contributed by atoms with van der Waals surface area (Å²) in [6.07, 6.45) is -1.21. The average molecular weight is 418 g/mol. The maximum Gasteiger partial charge on any atom is 0.490 e. The molecule has 0 unspecified atom stereocenters. The van der Waals surface area contributed by atoms with Gasteiger partial charge in [0.05, 0.1) is 5.52 Å². The van der Waals surface area contributed by atoms with Gasteiger partial charge in [0.1, 0.15) is 5.69 Å². The number of halogens is 4. The lowest BCUT2D eigenvalue weighted by Crippen LogP contribution is -2.27. The fourth-order valence-electron chi connectivity index (χ4n) is 3.10. The average Bonchev–Trinajstić information content (AvgIpc) is 2.60. The highest BCUT2D eigenvalue weighted by molar-refractivity contribution is 6.31. The first-order valence-corrected chi connectivity index (χ1v) is 8.82. The van der Waals surface area contributed by atoms with Crippen molar-refractivity contribution >= 4 is 34.4 Å². The molecule has 1 saturated carbocycles. The van der Waals surface area contributed by atoms with E-state index in [-0.39, 0.29) is 6.04 Å². The smallest absolute Gasteiger partial charge is 0.475 e. The van der Waals surface area contributed by atoms with E-state index in [9.17, 15) is 18.0 Å². The second kappa shape index (κ2) is 8.74. The molecule has 1 heterocycles. The van der Waals surface area contributed by atoms with Crippen LogP contribution < -0.4 is 11.5 Å². The van der Waals surface area contributed by atoms with Crippen molar-refractivity contribution in [2.24, 2.45) is 11.5 Å². The van der Waals surface area contributed by atoms with Crippen LogP contribution >= 0.6 is 11.6 Å².